The van der Waals surface area contributed by atoms with E-state index in [1.165, 1.54) is 19.8 Å². The first-order valence-corrected chi connectivity index (χ1v) is 3.64. The van der Waals surface area contributed by atoms with Crippen LogP contribution < -0.4 is 0 Å². The lowest BCUT2D eigenvalue weighted by Crippen LogP contribution is -2.03. The van der Waals surface area contributed by atoms with Gasteiger partial charge in [-0.05, 0) is 19.8 Å². The van der Waals surface area contributed by atoms with Crippen LogP contribution in [0.1, 0.15) is 19.8 Å². The Kier molecular flexibility index (Phi) is 6.91. The first-order valence-electron chi connectivity index (χ1n) is 3.64. The Bertz CT molecular complexity index is 52.3. The minimum absolute atomic E-state index is 0.139. The molecule has 1 heterocycles. The zero-order valence-electron chi connectivity index (χ0n) is 6.42. The average molecular weight is 148 g/mol. The number of hydrogen-bond donors (Lipinski definition) is 2. The fraction of sp³-hybridized carbons (Fsp3) is 1.00. The first kappa shape index (κ1) is 9.88. The van der Waals surface area contributed by atoms with Crippen molar-refractivity contribution in [3.8, 4) is 0 Å². The van der Waals surface area contributed by atoms with Crippen LogP contribution in [-0.2, 0) is 4.74 Å². The van der Waals surface area contributed by atoms with E-state index in [9.17, 15) is 0 Å². The van der Waals surface area contributed by atoms with Gasteiger partial charge in [-0.1, -0.05) is 0 Å². The van der Waals surface area contributed by atoms with E-state index in [4.69, 9.17) is 14.9 Å². The van der Waals surface area contributed by atoms with Gasteiger partial charge < -0.3 is 14.9 Å². The summed E-state index contributed by atoms with van der Waals surface area (Å²) in [6.45, 7) is 3.39. The van der Waals surface area contributed by atoms with E-state index in [1.54, 1.807) is 0 Å². The zero-order valence-corrected chi connectivity index (χ0v) is 6.42. The quantitative estimate of drug-likeness (QED) is 0.556. The highest BCUT2D eigenvalue weighted by Crippen LogP contribution is 1.98. The number of aliphatic hydroxyl groups is 2. The lowest BCUT2D eigenvalue weighted by molar-refractivity contribution is 0.110. The standard InChI is InChI=1S/C4H8O.C3H8O2/c1-2-4-5-3-1;1-3(5)2-4/h1-4H2;3-5H,2H2,1H3. The predicted molar refractivity (Wildman–Crippen MR) is 38.8 cm³/mol. The molecule has 0 amide bonds. The van der Waals surface area contributed by atoms with Crippen LogP contribution in [0.25, 0.3) is 0 Å². The Morgan fingerprint density at radius 2 is 1.80 bits per heavy atom. The van der Waals surface area contributed by atoms with Crippen LogP contribution in [0.2, 0.25) is 0 Å². The number of aliphatic hydroxyl groups excluding tert-OH is 2. The average Bonchev–Trinajstić information content (AvgIpc) is 2.43. The van der Waals surface area contributed by atoms with Gasteiger partial charge in [0.15, 0.2) is 0 Å². The third-order valence-corrected chi connectivity index (χ3v) is 1.09. The molecule has 1 fully saturated rings. The fourth-order valence-electron chi connectivity index (χ4n) is 0.510. The van der Waals surface area contributed by atoms with Gasteiger partial charge in [0.1, 0.15) is 0 Å². The molecule has 0 aliphatic carbocycles. The Hall–Kier alpha value is -0.120. The normalized spacial score (nSPS) is 19.5. The third kappa shape index (κ3) is 7.88. The minimum Gasteiger partial charge on any atom is -0.394 e. The molecule has 1 rings (SSSR count). The molecular formula is C7H16O3. The van der Waals surface area contributed by atoms with Gasteiger partial charge in [0, 0.05) is 13.2 Å². The summed E-state index contributed by atoms with van der Waals surface area (Å²) in [5.74, 6) is 0. The van der Waals surface area contributed by atoms with Crippen molar-refractivity contribution in [3.05, 3.63) is 0 Å². The Balaban J connectivity index is 0.000000162. The molecule has 0 spiro atoms. The molecule has 1 unspecified atom stereocenters. The van der Waals surface area contributed by atoms with Gasteiger partial charge in [-0.2, -0.15) is 0 Å². The molecule has 1 saturated heterocycles. The van der Waals surface area contributed by atoms with Gasteiger partial charge >= 0.3 is 0 Å². The van der Waals surface area contributed by atoms with Crippen LogP contribution in [0.5, 0.6) is 0 Å². The smallest absolute Gasteiger partial charge is 0.0742 e. The molecule has 0 aromatic heterocycles. The molecule has 1 aliphatic rings. The van der Waals surface area contributed by atoms with Crippen molar-refractivity contribution < 1.29 is 14.9 Å². The highest BCUT2D eigenvalue weighted by Gasteiger charge is 1.94. The van der Waals surface area contributed by atoms with Crippen LogP contribution in [0.3, 0.4) is 0 Å². The summed E-state index contributed by atoms with van der Waals surface area (Å²) in [6, 6.07) is 0. The highest BCUT2D eigenvalue weighted by atomic mass is 16.5. The Morgan fingerprint density at radius 3 is 1.90 bits per heavy atom. The lowest BCUT2D eigenvalue weighted by Gasteiger charge is -1.90. The second-order valence-corrected chi connectivity index (χ2v) is 2.35. The second-order valence-electron chi connectivity index (χ2n) is 2.35. The Morgan fingerprint density at radius 1 is 1.40 bits per heavy atom. The summed E-state index contributed by atoms with van der Waals surface area (Å²) in [4.78, 5) is 0. The van der Waals surface area contributed by atoms with Crippen LogP contribution in [-0.4, -0.2) is 36.1 Å². The van der Waals surface area contributed by atoms with Crippen LogP contribution in [0.15, 0.2) is 0 Å². The van der Waals surface area contributed by atoms with Crippen LogP contribution in [0, 0.1) is 0 Å². The molecule has 62 valence electrons. The molecule has 3 heteroatoms. The molecule has 0 aromatic rings. The summed E-state index contributed by atoms with van der Waals surface area (Å²) in [5.41, 5.74) is 0. The van der Waals surface area contributed by atoms with E-state index >= 15 is 0 Å². The number of rotatable bonds is 1. The molecule has 0 saturated carbocycles. The lowest BCUT2D eigenvalue weighted by atomic mass is 10.4. The SMILES string of the molecule is C1CCOC1.CC(O)CO. The summed E-state index contributed by atoms with van der Waals surface area (Å²) >= 11 is 0. The largest absolute Gasteiger partial charge is 0.394 e. The molecule has 0 aromatic carbocycles. The van der Waals surface area contributed by atoms with Gasteiger partial charge in [0.25, 0.3) is 0 Å². The van der Waals surface area contributed by atoms with Crippen molar-refractivity contribution in [2.45, 2.75) is 25.9 Å². The molecular weight excluding hydrogens is 132 g/mol. The fourth-order valence-corrected chi connectivity index (χ4v) is 0.510. The zero-order chi connectivity index (χ0) is 7.82. The molecule has 3 nitrogen and oxygen atoms in total. The van der Waals surface area contributed by atoms with Crippen molar-refractivity contribution >= 4 is 0 Å². The molecule has 2 N–H and O–H groups in total. The minimum atomic E-state index is -0.560. The van der Waals surface area contributed by atoms with Gasteiger partial charge in [0.05, 0.1) is 12.7 Å². The summed E-state index contributed by atoms with van der Waals surface area (Å²) in [7, 11) is 0. The van der Waals surface area contributed by atoms with Crippen molar-refractivity contribution in [3.63, 3.8) is 0 Å². The highest BCUT2D eigenvalue weighted by molar-refractivity contribution is 4.43. The van der Waals surface area contributed by atoms with Crippen LogP contribution >= 0.6 is 0 Å². The predicted octanol–water partition coefficient (Wildman–Crippen LogP) is 0.156. The van der Waals surface area contributed by atoms with Crippen molar-refractivity contribution in [2.24, 2.45) is 0 Å². The molecule has 10 heavy (non-hydrogen) atoms. The maximum Gasteiger partial charge on any atom is 0.0742 e. The number of ether oxygens (including phenoxy) is 1. The number of hydrogen-bond acceptors (Lipinski definition) is 3. The van der Waals surface area contributed by atoms with E-state index in [0.29, 0.717) is 0 Å². The molecule has 0 radical (unpaired) electrons. The van der Waals surface area contributed by atoms with Gasteiger partial charge in [0.2, 0.25) is 0 Å². The van der Waals surface area contributed by atoms with E-state index in [2.05, 4.69) is 0 Å². The van der Waals surface area contributed by atoms with Crippen molar-refractivity contribution in [1.82, 2.24) is 0 Å². The molecule has 0 bridgehead atoms. The summed E-state index contributed by atoms with van der Waals surface area (Å²) in [6.07, 6.45) is 2.00. The monoisotopic (exact) mass is 148 g/mol. The third-order valence-electron chi connectivity index (χ3n) is 1.09. The van der Waals surface area contributed by atoms with E-state index in [0.717, 1.165) is 13.2 Å². The van der Waals surface area contributed by atoms with Crippen LogP contribution in [0.4, 0.5) is 0 Å². The topological polar surface area (TPSA) is 49.7 Å². The van der Waals surface area contributed by atoms with Gasteiger partial charge in [-0.3, -0.25) is 0 Å². The summed E-state index contributed by atoms with van der Waals surface area (Å²) < 4.78 is 4.94. The maximum absolute atomic E-state index is 8.11. The van der Waals surface area contributed by atoms with E-state index in [-0.39, 0.29) is 6.61 Å². The van der Waals surface area contributed by atoms with E-state index < -0.39 is 6.10 Å². The van der Waals surface area contributed by atoms with Crippen molar-refractivity contribution in [1.29, 1.82) is 0 Å². The van der Waals surface area contributed by atoms with Crippen molar-refractivity contribution in [2.75, 3.05) is 19.8 Å². The maximum atomic E-state index is 8.11. The molecule has 1 aliphatic heterocycles. The second kappa shape index (κ2) is 6.99. The van der Waals surface area contributed by atoms with E-state index in [1.807, 2.05) is 0 Å². The van der Waals surface area contributed by atoms with Gasteiger partial charge in [-0.15, -0.1) is 0 Å². The molecule has 1 atom stereocenters. The first-order chi connectivity index (χ1) is 4.77. The summed E-state index contributed by atoms with van der Waals surface area (Å²) in [5, 5.41) is 16.0. The Labute approximate surface area is 61.6 Å². The van der Waals surface area contributed by atoms with Gasteiger partial charge in [-0.25, -0.2) is 0 Å².